The predicted octanol–water partition coefficient (Wildman–Crippen LogP) is 8.89. The van der Waals surface area contributed by atoms with Gasteiger partial charge in [0.15, 0.2) is 0 Å². The zero-order chi connectivity index (χ0) is 26.6. The zero-order valence-electron chi connectivity index (χ0n) is 22.7. The van der Waals surface area contributed by atoms with E-state index < -0.39 is 0 Å². The van der Waals surface area contributed by atoms with Crippen molar-refractivity contribution < 1.29 is 0 Å². The molecule has 39 heavy (non-hydrogen) atoms. The van der Waals surface area contributed by atoms with Crippen LogP contribution in [0.4, 0.5) is 0 Å². The van der Waals surface area contributed by atoms with Crippen molar-refractivity contribution in [2.24, 2.45) is 11.8 Å². The third-order valence-corrected chi connectivity index (χ3v) is 9.08. The van der Waals surface area contributed by atoms with Gasteiger partial charge in [0.25, 0.3) is 0 Å². The van der Waals surface area contributed by atoms with Crippen LogP contribution in [-0.4, -0.2) is 9.97 Å². The molecule has 0 aliphatic heterocycles. The Bertz CT molecular complexity index is 1550. The van der Waals surface area contributed by atoms with Crippen LogP contribution in [0.25, 0.3) is 33.4 Å². The summed E-state index contributed by atoms with van der Waals surface area (Å²) in [6.07, 6.45) is 16.9. The van der Waals surface area contributed by atoms with E-state index in [0.717, 1.165) is 57.4 Å². The van der Waals surface area contributed by atoms with E-state index in [1.807, 2.05) is 24.4 Å². The maximum atomic E-state index is 9.97. The average Bonchev–Trinajstić information content (AvgIpc) is 3.43. The van der Waals surface area contributed by atoms with Gasteiger partial charge in [-0.3, -0.25) is 0 Å². The number of H-pyrrole nitrogens is 1. The highest BCUT2D eigenvalue weighted by Gasteiger charge is 2.19. The van der Waals surface area contributed by atoms with Gasteiger partial charge in [0.05, 0.1) is 23.3 Å². The van der Waals surface area contributed by atoms with Crippen molar-refractivity contribution in [3.63, 3.8) is 0 Å². The lowest BCUT2D eigenvalue weighted by atomic mass is 9.83. The molecule has 0 bridgehead atoms. The first-order valence-corrected chi connectivity index (χ1v) is 14.8. The van der Waals surface area contributed by atoms with E-state index in [9.17, 15) is 10.5 Å². The van der Waals surface area contributed by atoms with Crippen molar-refractivity contribution in [3.05, 3.63) is 77.0 Å². The van der Waals surface area contributed by atoms with Crippen LogP contribution in [0.5, 0.6) is 0 Å². The quantitative estimate of drug-likeness (QED) is 0.280. The molecule has 0 unspecified atom stereocenters. The Morgan fingerprint density at radius 3 is 1.85 bits per heavy atom. The van der Waals surface area contributed by atoms with E-state index in [0.29, 0.717) is 11.8 Å². The first-order chi connectivity index (χ1) is 19.2. The third kappa shape index (κ3) is 5.48. The average molecular weight is 513 g/mol. The third-order valence-electron chi connectivity index (χ3n) is 9.08. The molecular formula is C35H36N4. The Morgan fingerprint density at radius 2 is 1.26 bits per heavy atom. The number of nitrogens with one attached hydrogen (secondary N) is 1. The maximum absolute atomic E-state index is 9.97. The van der Waals surface area contributed by atoms with Gasteiger partial charge in [0.2, 0.25) is 0 Å². The molecule has 6 rings (SSSR count). The molecule has 2 heterocycles. The Kier molecular flexibility index (Phi) is 7.46. The Morgan fingerprint density at radius 1 is 0.692 bits per heavy atom. The van der Waals surface area contributed by atoms with Gasteiger partial charge in [-0.05, 0) is 76.8 Å². The van der Waals surface area contributed by atoms with Crippen molar-refractivity contribution in [2.45, 2.75) is 77.0 Å². The molecule has 4 nitrogen and oxygen atoms in total. The number of rotatable bonds is 6. The van der Waals surface area contributed by atoms with E-state index in [4.69, 9.17) is 0 Å². The summed E-state index contributed by atoms with van der Waals surface area (Å²) in [5.41, 5.74) is 8.78. The summed E-state index contributed by atoms with van der Waals surface area (Å²) in [7, 11) is 0. The van der Waals surface area contributed by atoms with Crippen LogP contribution in [0, 0.1) is 34.5 Å². The molecule has 0 spiro atoms. The van der Waals surface area contributed by atoms with Crippen LogP contribution in [0.15, 0.2) is 54.7 Å². The smallest absolute Gasteiger partial charge is 0.138 e. The maximum Gasteiger partial charge on any atom is 0.138 e. The highest BCUT2D eigenvalue weighted by atomic mass is 14.9. The molecule has 2 fully saturated rings. The van der Waals surface area contributed by atoms with Crippen LogP contribution in [0.1, 0.15) is 86.5 Å². The molecular weight excluding hydrogens is 476 g/mol. The summed E-state index contributed by atoms with van der Waals surface area (Å²) in [6, 6.07) is 21.8. The number of benzene rings is 2. The normalized spacial score (nSPS) is 16.7. The molecule has 1 N–H and O–H groups in total. The minimum atomic E-state index is 0.698. The fraction of sp³-hybridized carbons (Fsp3) is 0.400. The highest BCUT2D eigenvalue weighted by Crippen LogP contribution is 2.35. The van der Waals surface area contributed by atoms with Crippen LogP contribution < -0.4 is 0 Å². The SMILES string of the molecule is N#Cc1cc(-c2cc3c(-c4ccc(CC5CCCCC5)c(C#N)c4)ccnc3[nH]2)ccc1CC1CCCCC1. The van der Waals surface area contributed by atoms with E-state index in [-0.39, 0.29) is 0 Å². The van der Waals surface area contributed by atoms with Gasteiger partial charge < -0.3 is 4.98 Å². The Balaban J connectivity index is 1.29. The second-order valence-corrected chi connectivity index (χ2v) is 11.7. The fourth-order valence-corrected chi connectivity index (χ4v) is 6.89. The number of nitriles is 2. The molecule has 2 saturated carbocycles. The summed E-state index contributed by atoms with van der Waals surface area (Å²) >= 11 is 0. The molecule has 4 aromatic rings. The molecule has 0 radical (unpaired) electrons. The number of hydrogen-bond acceptors (Lipinski definition) is 3. The molecule has 2 aliphatic rings. The van der Waals surface area contributed by atoms with Gasteiger partial charge >= 0.3 is 0 Å². The van der Waals surface area contributed by atoms with Crippen molar-refractivity contribution in [1.82, 2.24) is 9.97 Å². The lowest BCUT2D eigenvalue weighted by Gasteiger charge is -2.22. The number of nitrogens with zero attached hydrogens (tertiary/aromatic N) is 3. The molecule has 0 amide bonds. The summed E-state index contributed by atoms with van der Waals surface area (Å²) in [5.74, 6) is 1.40. The molecule has 2 aromatic carbocycles. The van der Waals surface area contributed by atoms with Crippen molar-refractivity contribution in [2.75, 3.05) is 0 Å². The topological polar surface area (TPSA) is 76.3 Å². The number of aromatic amines is 1. The van der Waals surface area contributed by atoms with Gasteiger partial charge in [-0.25, -0.2) is 4.98 Å². The summed E-state index contributed by atoms with van der Waals surface area (Å²) in [6.45, 7) is 0. The van der Waals surface area contributed by atoms with E-state index in [1.54, 1.807) is 0 Å². The van der Waals surface area contributed by atoms with E-state index >= 15 is 0 Å². The van der Waals surface area contributed by atoms with Crippen LogP contribution in [-0.2, 0) is 12.8 Å². The van der Waals surface area contributed by atoms with E-state index in [2.05, 4.69) is 52.4 Å². The first kappa shape index (κ1) is 25.4. The Hall–Kier alpha value is -3.89. The number of hydrogen-bond donors (Lipinski definition) is 1. The second kappa shape index (κ2) is 11.5. The molecule has 4 heteroatoms. The second-order valence-electron chi connectivity index (χ2n) is 11.7. The first-order valence-electron chi connectivity index (χ1n) is 14.8. The van der Waals surface area contributed by atoms with Crippen molar-refractivity contribution in [1.29, 1.82) is 10.5 Å². The molecule has 0 atom stereocenters. The summed E-state index contributed by atoms with van der Waals surface area (Å²) in [5, 5.41) is 20.9. The Labute approximate surface area is 231 Å². The van der Waals surface area contributed by atoms with Gasteiger partial charge in [-0.15, -0.1) is 0 Å². The summed E-state index contributed by atoms with van der Waals surface area (Å²) in [4.78, 5) is 8.09. The largest absolute Gasteiger partial charge is 0.339 e. The standard InChI is InChI=1S/C35H36N4/c36-22-30-19-28(13-11-26(30)17-24-7-3-1-4-8-24)32-15-16-38-35-33(32)21-34(39-35)29-14-12-27(31(20-29)23-37)18-25-9-5-2-6-10-25/h11-16,19-21,24-25H,1-10,17-18H2,(H,38,39). The van der Waals surface area contributed by atoms with Crippen molar-refractivity contribution >= 4 is 11.0 Å². The molecule has 2 aliphatic carbocycles. The van der Waals surface area contributed by atoms with E-state index in [1.165, 1.54) is 75.3 Å². The van der Waals surface area contributed by atoms with Gasteiger partial charge in [0.1, 0.15) is 5.65 Å². The lowest BCUT2D eigenvalue weighted by molar-refractivity contribution is 0.356. The van der Waals surface area contributed by atoms with Crippen LogP contribution >= 0.6 is 0 Å². The minimum absolute atomic E-state index is 0.698. The zero-order valence-corrected chi connectivity index (χ0v) is 22.7. The van der Waals surface area contributed by atoms with Gasteiger partial charge in [-0.1, -0.05) is 88.5 Å². The van der Waals surface area contributed by atoms with Crippen molar-refractivity contribution in [3.8, 4) is 34.5 Å². The predicted molar refractivity (Wildman–Crippen MR) is 157 cm³/mol. The minimum Gasteiger partial charge on any atom is -0.339 e. The van der Waals surface area contributed by atoms with Crippen LogP contribution in [0.2, 0.25) is 0 Å². The van der Waals surface area contributed by atoms with Gasteiger partial charge in [0, 0.05) is 17.3 Å². The van der Waals surface area contributed by atoms with Crippen LogP contribution in [0.3, 0.4) is 0 Å². The van der Waals surface area contributed by atoms with Gasteiger partial charge in [-0.2, -0.15) is 10.5 Å². The summed E-state index contributed by atoms with van der Waals surface area (Å²) < 4.78 is 0. The lowest BCUT2D eigenvalue weighted by Crippen LogP contribution is -2.10. The number of aromatic nitrogens is 2. The highest BCUT2D eigenvalue weighted by molar-refractivity contribution is 5.96. The number of fused-ring (bicyclic) bond motifs is 1. The monoisotopic (exact) mass is 512 g/mol. The molecule has 2 aromatic heterocycles. The fourth-order valence-electron chi connectivity index (χ4n) is 6.89. The number of pyridine rings is 1. The molecule has 0 saturated heterocycles. The molecule has 196 valence electrons.